The summed E-state index contributed by atoms with van der Waals surface area (Å²) in [5, 5.41) is 6.11. The molecule has 0 radical (unpaired) electrons. The molecular weight excluding hydrogens is 358 g/mol. The van der Waals surface area contributed by atoms with Gasteiger partial charge in [0.1, 0.15) is 0 Å². The van der Waals surface area contributed by atoms with Crippen LogP contribution in [0.4, 0.5) is 0 Å². The van der Waals surface area contributed by atoms with Crippen molar-refractivity contribution in [1.82, 2.24) is 14.7 Å². The quantitative estimate of drug-likeness (QED) is 0.741. The number of hydrogen-bond acceptors (Lipinski definition) is 3. The first-order chi connectivity index (χ1) is 9.67. The molecule has 2 aromatic heterocycles. The minimum Gasteiger partial charge on any atom is -0.313 e. The second-order valence-corrected chi connectivity index (χ2v) is 6.68. The van der Waals surface area contributed by atoms with Gasteiger partial charge in [0, 0.05) is 34.7 Å². The number of likely N-dealkylation sites (N-methyl/N-ethyl adjacent to an activating group) is 1. The van der Waals surface area contributed by atoms with Crippen LogP contribution in [0.2, 0.25) is 5.02 Å². The molecule has 6 heteroatoms. The second-order valence-electron chi connectivity index (χ2n) is 4.54. The van der Waals surface area contributed by atoms with Crippen LogP contribution in [0.25, 0.3) is 4.96 Å². The maximum absolute atomic E-state index is 6.05. The van der Waals surface area contributed by atoms with E-state index in [1.165, 1.54) is 5.56 Å². The maximum atomic E-state index is 6.05. The molecule has 20 heavy (non-hydrogen) atoms. The number of nitrogens with zero attached hydrogens (tertiary/aromatic N) is 2. The van der Waals surface area contributed by atoms with Crippen LogP contribution in [0.15, 0.2) is 40.4 Å². The third-order valence-electron chi connectivity index (χ3n) is 3.25. The van der Waals surface area contributed by atoms with Crippen molar-refractivity contribution in [1.29, 1.82) is 0 Å². The van der Waals surface area contributed by atoms with Gasteiger partial charge in [-0.05, 0) is 40.7 Å². The van der Waals surface area contributed by atoms with E-state index in [4.69, 9.17) is 11.6 Å². The largest absolute Gasteiger partial charge is 0.313 e. The SMILES string of the molecule is CNC(Cc1cn2ccsc2n1)c1ccc(Cl)c(Br)c1. The molecule has 0 spiro atoms. The highest BCUT2D eigenvalue weighted by atomic mass is 79.9. The molecule has 1 N–H and O–H groups in total. The fraction of sp³-hybridized carbons (Fsp3) is 0.214. The number of imidazole rings is 1. The zero-order chi connectivity index (χ0) is 14.1. The molecule has 3 rings (SSSR count). The molecule has 1 atom stereocenters. The number of benzene rings is 1. The number of aromatic nitrogens is 2. The zero-order valence-corrected chi connectivity index (χ0v) is 14.0. The van der Waals surface area contributed by atoms with E-state index in [1.807, 2.05) is 30.8 Å². The minimum absolute atomic E-state index is 0.216. The molecule has 3 nitrogen and oxygen atoms in total. The third-order valence-corrected chi connectivity index (χ3v) is 5.24. The number of hydrogen-bond donors (Lipinski definition) is 1. The van der Waals surface area contributed by atoms with Gasteiger partial charge >= 0.3 is 0 Å². The molecule has 0 aliphatic carbocycles. The predicted octanol–water partition coefficient (Wildman–Crippen LogP) is 4.31. The summed E-state index contributed by atoms with van der Waals surface area (Å²) in [7, 11) is 1.96. The lowest BCUT2D eigenvalue weighted by Crippen LogP contribution is -2.19. The van der Waals surface area contributed by atoms with E-state index in [2.05, 4.69) is 42.9 Å². The highest BCUT2D eigenvalue weighted by Crippen LogP contribution is 2.27. The first-order valence-electron chi connectivity index (χ1n) is 6.20. The van der Waals surface area contributed by atoms with E-state index in [0.717, 1.165) is 26.6 Å². The molecule has 1 unspecified atom stereocenters. The van der Waals surface area contributed by atoms with Gasteiger partial charge < -0.3 is 5.32 Å². The lowest BCUT2D eigenvalue weighted by molar-refractivity contribution is 0.586. The van der Waals surface area contributed by atoms with Gasteiger partial charge in [-0.2, -0.15) is 0 Å². The average molecular weight is 371 g/mol. The van der Waals surface area contributed by atoms with Gasteiger partial charge in [-0.15, -0.1) is 11.3 Å². The fourth-order valence-electron chi connectivity index (χ4n) is 2.20. The van der Waals surface area contributed by atoms with Crippen LogP contribution in [-0.4, -0.2) is 16.4 Å². The van der Waals surface area contributed by atoms with Gasteiger partial charge in [-0.3, -0.25) is 4.40 Å². The number of fused-ring (bicyclic) bond motifs is 1. The van der Waals surface area contributed by atoms with Crippen molar-refractivity contribution in [3.8, 4) is 0 Å². The molecule has 0 amide bonds. The normalized spacial score (nSPS) is 12.9. The first kappa shape index (κ1) is 14.1. The van der Waals surface area contributed by atoms with Crippen molar-refractivity contribution in [2.45, 2.75) is 12.5 Å². The van der Waals surface area contributed by atoms with Crippen LogP contribution in [0, 0.1) is 0 Å². The Kier molecular flexibility index (Phi) is 4.12. The molecule has 0 fully saturated rings. The van der Waals surface area contributed by atoms with E-state index in [0.29, 0.717) is 0 Å². The monoisotopic (exact) mass is 369 g/mol. The van der Waals surface area contributed by atoms with Gasteiger partial charge in [0.05, 0.1) is 10.7 Å². The number of nitrogens with one attached hydrogen (secondary N) is 1. The molecule has 0 bridgehead atoms. The summed E-state index contributed by atoms with van der Waals surface area (Å²) in [6.45, 7) is 0. The van der Waals surface area contributed by atoms with Crippen molar-refractivity contribution in [2.75, 3.05) is 7.05 Å². The van der Waals surface area contributed by atoms with Crippen molar-refractivity contribution < 1.29 is 0 Å². The van der Waals surface area contributed by atoms with Crippen LogP contribution in [0.1, 0.15) is 17.3 Å². The van der Waals surface area contributed by atoms with Crippen molar-refractivity contribution in [3.63, 3.8) is 0 Å². The molecule has 104 valence electrons. The van der Waals surface area contributed by atoms with E-state index in [9.17, 15) is 0 Å². The topological polar surface area (TPSA) is 29.3 Å². The van der Waals surface area contributed by atoms with Gasteiger partial charge in [0.25, 0.3) is 0 Å². The molecule has 0 saturated heterocycles. The predicted molar refractivity (Wildman–Crippen MR) is 87.7 cm³/mol. The van der Waals surface area contributed by atoms with Gasteiger partial charge in [0.2, 0.25) is 0 Å². The standard InChI is InChI=1S/C14H13BrClN3S/c1-17-13(9-2-3-12(16)11(15)6-9)7-10-8-19-4-5-20-14(19)18-10/h2-6,8,13,17H,7H2,1H3. The Hall–Kier alpha value is -0.880. The van der Waals surface area contributed by atoms with Crippen molar-refractivity contribution in [2.24, 2.45) is 0 Å². The molecular formula is C14H13BrClN3S. The Morgan fingerprint density at radius 1 is 1.50 bits per heavy atom. The first-order valence-corrected chi connectivity index (χ1v) is 8.25. The Morgan fingerprint density at radius 3 is 3.05 bits per heavy atom. The Labute approximate surface area is 134 Å². The summed E-state index contributed by atoms with van der Waals surface area (Å²) < 4.78 is 2.98. The van der Waals surface area contributed by atoms with Crippen molar-refractivity contribution >= 4 is 43.8 Å². The van der Waals surface area contributed by atoms with Crippen LogP contribution in [0.3, 0.4) is 0 Å². The Balaban J connectivity index is 1.85. The highest BCUT2D eigenvalue weighted by Gasteiger charge is 2.14. The maximum Gasteiger partial charge on any atom is 0.193 e. The van der Waals surface area contributed by atoms with Crippen LogP contribution < -0.4 is 5.32 Å². The van der Waals surface area contributed by atoms with E-state index < -0.39 is 0 Å². The number of halogens is 2. The molecule has 2 heterocycles. The lowest BCUT2D eigenvalue weighted by Gasteiger charge is -2.16. The minimum atomic E-state index is 0.216. The van der Waals surface area contributed by atoms with E-state index in [-0.39, 0.29) is 6.04 Å². The Morgan fingerprint density at radius 2 is 2.35 bits per heavy atom. The summed E-state index contributed by atoms with van der Waals surface area (Å²) in [5.41, 5.74) is 2.28. The summed E-state index contributed by atoms with van der Waals surface area (Å²) in [6.07, 6.45) is 4.96. The number of thiazole rings is 1. The molecule has 0 aliphatic rings. The molecule has 3 aromatic rings. The summed E-state index contributed by atoms with van der Waals surface area (Å²) >= 11 is 11.2. The summed E-state index contributed by atoms with van der Waals surface area (Å²) in [5.74, 6) is 0. The number of rotatable bonds is 4. The van der Waals surface area contributed by atoms with Gasteiger partial charge in [-0.1, -0.05) is 17.7 Å². The lowest BCUT2D eigenvalue weighted by atomic mass is 10.0. The summed E-state index contributed by atoms with van der Waals surface area (Å²) in [6, 6.07) is 6.24. The van der Waals surface area contributed by atoms with Crippen LogP contribution in [0.5, 0.6) is 0 Å². The average Bonchev–Trinajstić information content (AvgIpc) is 3.00. The fourth-order valence-corrected chi connectivity index (χ4v) is 3.43. The van der Waals surface area contributed by atoms with Gasteiger partial charge in [-0.25, -0.2) is 4.98 Å². The third kappa shape index (κ3) is 2.76. The van der Waals surface area contributed by atoms with E-state index in [1.54, 1.807) is 11.3 Å². The zero-order valence-electron chi connectivity index (χ0n) is 10.8. The van der Waals surface area contributed by atoms with Crippen molar-refractivity contribution in [3.05, 3.63) is 56.7 Å². The Bertz CT molecular complexity index is 708. The van der Waals surface area contributed by atoms with Crippen LogP contribution >= 0.6 is 38.9 Å². The highest BCUT2D eigenvalue weighted by molar-refractivity contribution is 9.10. The second kappa shape index (κ2) is 5.85. The van der Waals surface area contributed by atoms with Gasteiger partial charge in [0.15, 0.2) is 4.96 Å². The molecule has 1 aromatic carbocycles. The summed E-state index contributed by atoms with van der Waals surface area (Å²) in [4.78, 5) is 5.66. The van der Waals surface area contributed by atoms with E-state index >= 15 is 0 Å². The smallest absolute Gasteiger partial charge is 0.193 e. The van der Waals surface area contributed by atoms with Crippen LogP contribution in [-0.2, 0) is 6.42 Å². The molecule has 0 aliphatic heterocycles. The molecule has 0 saturated carbocycles.